The van der Waals surface area contributed by atoms with E-state index in [1.165, 1.54) is 12.8 Å². The summed E-state index contributed by atoms with van der Waals surface area (Å²) in [5, 5.41) is 2.89. The van der Waals surface area contributed by atoms with Crippen molar-refractivity contribution in [1.29, 1.82) is 0 Å². The van der Waals surface area contributed by atoms with Gasteiger partial charge in [-0.3, -0.25) is 4.79 Å². The van der Waals surface area contributed by atoms with Crippen LogP contribution in [0, 0.1) is 0 Å². The Bertz CT molecular complexity index is 207. The van der Waals surface area contributed by atoms with E-state index >= 15 is 0 Å². The zero-order valence-corrected chi connectivity index (χ0v) is 10.2. The number of methoxy groups -OCH3 is 1. The molecule has 0 saturated heterocycles. The summed E-state index contributed by atoms with van der Waals surface area (Å²) in [7, 11) is 1.61. The van der Waals surface area contributed by atoms with Crippen LogP contribution in [0.1, 0.15) is 12.8 Å². The van der Waals surface area contributed by atoms with Crippen LogP contribution in [-0.2, 0) is 14.3 Å². The van der Waals surface area contributed by atoms with Crippen LogP contribution in [0.5, 0.6) is 0 Å². The highest BCUT2D eigenvalue weighted by Crippen LogP contribution is 2.46. The molecule has 0 aromatic carbocycles. The Morgan fingerprint density at radius 2 is 2.20 bits per heavy atom. The van der Waals surface area contributed by atoms with Crippen molar-refractivity contribution < 1.29 is 14.3 Å². The van der Waals surface area contributed by atoms with E-state index in [1.807, 2.05) is 11.8 Å². The highest BCUT2D eigenvalue weighted by atomic mass is 32.2. The molecular formula is C10H19NO3S. The van der Waals surface area contributed by atoms with Gasteiger partial charge in [0.25, 0.3) is 0 Å². The van der Waals surface area contributed by atoms with Gasteiger partial charge >= 0.3 is 0 Å². The Labute approximate surface area is 95.1 Å². The van der Waals surface area contributed by atoms with Crippen LogP contribution in [0.3, 0.4) is 0 Å². The molecule has 0 atom stereocenters. The van der Waals surface area contributed by atoms with Gasteiger partial charge in [0.05, 0.1) is 13.2 Å². The monoisotopic (exact) mass is 233 g/mol. The van der Waals surface area contributed by atoms with Gasteiger partial charge in [0.15, 0.2) is 0 Å². The maximum absolute atomic E-state index is 11.3. The van der Waals surface area contributed by atoms with E-state index in [0.717, 1.165) is 6.54 Å². The second kappa shape index (κ2) is 6.35. The summed E-state index contributed by atoms with van der Waals surface area (Å²) in [5.74, 6) is -0.0357. The summed E-state index contributed by atoms with van der Waals surface area (Å²) in [5.41, 5.74) is 0. The minimum absolute atomic E-state index is 0.0357. The van der Waals surface area contributed by atoms with Gasteiger partial charge in [-0.25, -0.2) is 0 Å². The number of hydrogen-bond donors (Lipinski definition) is 1. The van der Waals surface area contributed by atoms with Crippen molar-refractivity contribution in [1.82, 2.24) is 5.32 Å². The molecule has 1 aliphatic carbocycles. The van der Waals surface area contributed by atoms with Gasteiger partial charge in [-0.1, -0.05) is 0 Å². The number of hydrogen-bond acceptors (Lipinski definition) is 4. The molecule has 0 radical (unpaired) electrons. The molecule has 15 heavy (non-hydrogen) atoms. The minimum atomic E-state index is -0.0357. The maximum Gasteiger partial charge on any atom is 0.246 e. The first-order valence-corrected chi connectivity index (χ1v) is 6.33. The first-order chi connectivity index (χ1) is 7.22. The molecule has 1 amide bonds. The number of nitrogens with one attached hydrogen (secondary N) is 1. The predicted octanol–water partition coefficient (Wildman–Crippen LogP) is 0.661. The summed E-state index contributed by atoms with van der Waals surface area (Å²) < 4.78 is 10.2. The van der Waals surface area contributed by atoms with Gasteiger partial charge in [0, 0.05) is 18.4 Å². The van der Waals surface area contributed by atoms with E-state index in [1.54, 1.807) is 7.11 Å². The average molecular weight is 233 g/mol. The molecule has 5 heteroatoms. The standard InChI is InChI=1S/C10H19NO3S/c1-13-5-6-14-7-9(12)11-8-10(15-2)3-4-10/h3-8H2,1-2H3,(H,11,12). The van der Waals surface area contributed by atoms with Gasteiger partial charge in [-0.2, -0.15) is 11.8 Å². The fraction of sp³-hybridized carbons (Fsp3) is 0.900. The van der Waals surface area contributed by atoms with Crippen molar-refractivity contribution in [2.24, 2.45) is 0 Å². The van der Waals surface area contributed by atoms with Gasteiger partial charge < -0.3 is 14.8 Å². The van der Waals surface area contributed by atoms with Crippen molar-refractivity contribution in [2.75, 3.05) is 39.7 Å². The van der Waals surface area contributed by atoms with Crippen molar-refractivity contribution in [3.8, 4) is 0 Å². The van der Waals surface area contributed by atoms with Crippen LogP contribution in [0.15, 0.2) is 0 Å². The molecule has 0 spiro atoms. The Kier molecular flexibility index (Phi) is 5.42. The van der Waals surface area contributed by atoms with Crippen LogP contribution >= 0.6 is 11.8 Å². The summed E-state index contributed by atoms with van der Waals surface area (Å²) in [6.07, 6.45) is 4.51. The van der Waals surface area contributed by atoms with Crippen LogP contribution in [0.4, 0.5) is 0 Å². The molecule has 0 heterocycles. The highest BCUT2D eigenvalue weighted by Gasteiger charge is 2.41. The number of carbonyl (C=O) groups excluding carboxylic acids is 1. The van der Waals surface area contributed by atoms with E-state index in [2.05, 4.69) is 11.6 Å². The molecule has 1 rings (SSSR count). The summed E-state index contributed by atoms with van der Waals surface area (Å²) in [6.45, 7) is 1.90. The van der Waals surface area contributed by atoms with Crippen LogP contribution in [0.25, 0.3) is 0 Å². The van der Waals surface area contributed by atoms with Crippen LogP contribution in [0.2, 0.25) is 0 Å². The molecule has 1 aliphatic rings. The SMILES string of the molecule is COCCOCC(=O)NCC1(SC)CC1. The Hall–Kier alpha value is -0.260. The Morgan fingerprint density at radius 1 is 1.47 bits per heavy atom. The lowest BCUT2D eigenvalue weighted by molar-refractivity contribution is -0.126. The fourth-order valence-electron chi connectivity index (χ4n) is 1.21. The van der Waals surface area contributed by atoms with Gasteiger partial charge in [-0.15, -0.1) is 0 Å². The molecule has 0 aliphatic heterocycles. The highest BCUT2D eigenvalue weighted by molar-refractivity contribution is 8.00. The van der Waals surface area contributed by atoms with Crippen LogP contribution in [-0.4, -0.2) is 50.4 Å². The van der Waals surface area contributed by atoms with Gasteiger partial charge in [-0.05, 0) is 19.1 Å². The predicted molar refractivity (Wildman–Crippen MR) is 61.2 cm³/mol. The van der Waals surface area contributed by atoms with Crippen LogP contribution < -0.4 is 5.32 Å². The number of thioether (sulfide) groups is 1. The van der Waals surface area contributed by atoms with Crippen molar-refractivity contribution >= 4 is 17.7 Å². The Balaban J connectivity index is 1.99. The van der Waals surface area contributed by atoms with E-state index in [4.69, 9.17) is 9.47 Å². The van der Waals surface area contributed by atoms with Gasteiger partial charge in [0.2, 0.25) is 5.91 Å². The topological polar surface area (TPSA) is 47.6 Å². The zero-order chi connectivity index (χ0) is 11.1. The Morgan fingerprint density at radius 3 is 2.73 bits per heavy atom. The number of ether oxygens (including phenoxy) is 2. The molecule has 0 unspecified atom stereocenters. The van der Waals surface area contributed by atoms with E-state index < -0.39 is 0 Å². The summed E-state index contributed by atoms with van der Waals surface area (Å²) in [4.78, 5) is 11.3. The molecule has 1 N–H and O–H groups in total. The molecule has 1 saturated carbocycles. The zero-order valence-electron chi connectivity index (χ0n) is 9.38. The third-order valence-electron chi connectivity index (χ3n) is 2.51. The average Bonchev–Trinajstić information content (AvgIpc) is 3.02. The minimum Gasteiger partial charge on any atom is -0.382 e. The largest absolute Gasteiger partial charge is 0.382 e. The quantitative estimate of drug-likeness (QED) is 0.626. The fourth-order valence-corrected chi connectivity index (χ4v) is 1.94. The van der Waals surface area contributed by atoms with Crippen molar-refractivity contribution in [3.05, 3.63) is 0 Å². The number of rotatable bonds is 8. The molecular weight excluding hydrogens is 214 g/mol. The third-order valence-corrected chi connectivity index (χ3v) is 3.93. The van der Waals surface area contributed by atoms with Gasteiger partial charge in [0.1, 0.15) is 6.61 Å². The van der Waals surface area contributed by atoms with Crippen molar-refractivity contribution in [2.45, 2.75) is 17.6 Å². The number of amides is 1. The lowest BCUT2D eigenvalue weighted by atomic mass is 10.4. The molecule has 0 aromatic rings. The lowest BCUT2D eigenvalue weighted by Crippen LogP contribution is -2.34. The molecule has 0 bridgehead atoms. The maximum atomic E-state index is 11.3. The molecule has 0 aromatic heterocycles. The number of carbonyl (C=O) groups is 1. The molecule has 4 nitrogen and oxygen atoms in total. The summed E-state index contributed by atoms with van der Waals surface area (Å²) in [6, 6.07) is 0. The van der Waals surface area contributed by atoms with E-state index in [9.17, 15) is 4.79 Å². The smallest absolute Gasteiger partial charge is 0.246 e. The molecule has 88 valence electrons. The second-order valence-corrected chi connectivity index (χ2v) is 4.98. The third kappa shape index (κ3) is 4.86. The second-order valence-electron chi connectivity index (χ2n) is 3.71. The first-order valence-electron chi connectivity index (χ1n) is 5.11. The lowest BCUT2D eigenvalue weighted by Gasteiger charge is -2.12. The normalized spacial score (nSPS) is 17.5. The molecule has 1 fully saturated rings. The van der Waals surface area contributed by atoms with Crippen molar-refractivity contribution in [3.63, 3.8) is 0 Å². The summed E-state index contributed by atoms with van der Waals surface area (Å²) >= 11 is 1.84. The van der Waals surface area contributed by atoms with E-state index in [-0.39, 0.29) is 12.5 Å². The van der Waals surface area contributed by atoms with E-state index in [0.29, 0.717) is 18.0 Å². The first kappa shape index (κ1) is 12.8.